The van der Waals surface area contributed by atoms with Crippen molar-refractivity contribution in [3.8, 4) is 0 Å². The second kappa shape index (κ2) is 20.6. The molecular weight excluding hydrogens is 697 g/mol. The molecule has 0 fully saturated rings. The van der Waals surface area contributed by atoms with Gasteiger partial charge in [0, 0.05) is 70.1 Å². The van der Waals surface area contributed by atoms with E-state index in [4.69, 9.17) is 0 Å². The molecule has 0 saturated heterocycles. The highest BCUT2D eigenvalue weighted by Gasteiger charge is 2.18. The number of aromatic nitrogens is 4. The van der Waals surface area contributed by atoms with Crippen LogP contribution in [0.25, 0.3) is 24.3 Å². The van der Waals surface area contributed by atoms with Crippen LogP contribution in [0.4, 0.5) is 0 Å². The molecule has 10 heteroatoms. The number of hydrogen-bond acceptors (Lipinski definition) is 4. The molecule has 0 aromatic carbocycles. The third-order valence-electron chi connectivity index (χ3n) is 11.6. The number of nitrogens with one attached hydrogen (secondary N) is 8. The maximum absolute atomic E-state index is 13.1. The Morgan fingerprint density at radius 1 is 0.464 bits per heavy atom. The van der Waals surface area contributed by atoms with Gasteiger partial charge in [-0.3, -0.25) is 9.59 Å². The largest absolute Gasteiger partial charge is 0.356 e. The summed E-state index contributed by atoms with van der Waals surface area (Å²) >= 11 is 0. The number of rotatable bonds is 20. The summed E-state index contributed by atoms with van der Waals surface area (Å²) in [6.07, 6.45) is 16.8. The molecule has 0 unspecified atom stereocenters. The molecule has 0 spiro atoms. The Balaban J connectivity index is 1.59. The Morgan fingerprint density at radius 2 is 0.875 bits per heavy atom. The fourth-order valence-corrected chi connectivity index (χ4v) is 8.13. The molecule has 0 aliphatic carbocycles. The van der Waals surface area contributed by atoms with E-state index in [1.807, 2.05) is 0 Å². The first-order chi connectivity index (χ1) is 27.1. The van der Waals surface area contributed by atoms with Crippen LogP contribution in [0.15, 0.2) is 0 Å². The lowest BCUT2D eigenvalue weighted by atomic mass is 10.0. The van der Waals surface area contributed by atoms with Gasteiger partial charge in [-0.05, 0) is 174 Å². The summed E-state index contributed by atoms with van der Waals surface area (Å²) in [6, 6.07) is 0. The lowest BCUT2D eigenvalue weighted by molar-refractivity contribution is -0.121. The average Bonchev–Trinajstić information content (AvgIpc) is 3.85. The molecule has 4 aromatic heterocycles. The number of aromatic amines is 4. The second-order valence-electron chi connectivity index (χ2n) is 15.3. The Labute approximate surface area is 333 Å². The van der Waals surface area contributed by atoms with E-state index < -0.39 is 0 Å². The third kappa shape index (κ3) is 10.4. The first kappa shape index (κ1) is 42.6. The molecule has 304 valence electrons. The number of H-pyrrole nitrogens is 4. The van der Waals surface area contributed by atoms with Crippen LogP contribution in [0.3, 0.4) is 0 Å². The predicted molar refractivity (Wildman–Crippen MR) is 232 cm³/mol. The highest BCUT2D eigenvalue weighted by molar-refractivity contribution is 5.77. The number of hydrogen-bond donors (Lipinski definition) is 8. The Morgan fingerprint density at radius 3 is 1.41 bits per heavy atom. The van der Waals surface area contributed by atoms with Gasteiger partial charge in [-0.2, -0.15) is 0 Å². The van der Waals surface area contributed by atoms with Crippen LogP contribution in [-0.4, -0.2) is 71.0 Å². The van der Waals surface area contributed by atoms with Gasteiger partial charge in [0.15, 0.2) is 0 Å². The molecule has 8 N–H and O–H groups in total. The zero-order valence-corrected chi connectivity index (χ0v) is 35.4. The van der Waals surface area contributed by atoms with Gasteiger partial charge >= 0.3 is 0 Å². The van der Waals surface area contributed by atoms with Crippen LogP contribution >= 0.6 is 0 Å². The first-order valence-electron chi connectivity index (χ1n) is 21.3. The fourth-order valence-electron chi connectivity index (χ4n) is 8.13. The van der Waals surface area contributed by atoms with Gasteiger partial charge in [-0.1, -0.05) is 27.7 Å². The first-order valence-corrected chi connectivity index (χ1v) is 21.3. The SMILES string of the molecule is CCNCCCCNC(=O)CCc1c2[nH]c(c1C)C=c1[nH]c(c(C)c1CC)=Cc1[nH]c(c(C)c1CC)C=c1[nH]c(c(CCC(=O)NCCCCNCC)c1C)=C2. The maximum Gasteiger partial charge on any atom is 0.220 e. The second-order valence-corrected chi connectivity index (χ2v) is 15.3. The van der Waals surface area contributed by atoms with Gasteiger partial charge in [0.25, 0.3) is 0 Å². The molecule has 1 aliphatic rings. The van der Waals surface area contributed by atoms with Gasteiger partial charge in [-0.15, -0.1) is 0 Å². The van der Waals surface area contributed by atoms with Crippen LogP contribution in [0.5, 0.6) is 0 Å². The van der Waals surface area contributed by atoms with Crippen molar-refractivity contribution in [3.05, 3.63) is 88.7 Å². The highest BCUT2D eigenvalue weighted by atomic mass is 16.2. The van der Waals surface area contributed by atoms with Crippen molar-refractivity contribution in [2.24, 2.45) is 0 Å². The number of carbonyl (C=O) groups is 2. The molecule has 0 saturated carbocycles. The average molecular weight is 765 g/mol. The van der Waals surface area contributed by atoms with Crippen LogP contribution in [-0.2, 0) is 35.3 Å². The van der Waals surface area contributed by atoms with E-state index in [1.54, 1.807) is 0 Å². The van der Waals surface area contributed by atoms with Crippen molar-refractivity contribution in [1.82, 2.24) is 41.2 Å². The molecule has 2 amide bonds. The molecule has 5 rings (SSSR count). The maximum atomic E-state index is 13.1. The molecule has 4 aromatic rings. The van der Waals surface area contributed by atoms with E-state index >= 15 is 0 Å². The Bertz CT molecular complexity index is 2210. The zero-order valence-electron chi connectivity index (χ0n) is 35.4. The lowest BCUT2D eigenvalue weighted by Gasteiger charge is -2.07. The van der Waals surface area contributed by atoms with E-state index in [2.05, 4.69) is 121 Å². The normalized spacial score (nSPS) is 12.1. The topological polar surface area (TPSA) is 145 Å². The molecule has 1 aliphatic heterocycles. The van der Waals surface area contributed by atoms with E-state index in [0.29, 0.717) is 38.8 Å². The summed E-state index contributed by atoms with van der Waals surface area (Å²) in [5, 5.41) is 17.2. The van der Waals surface area contributed by atoms with Crippen LogP contribution in [0, 0.1) is 27.7 Å². The van der Waals surface area contributed by atoms with Crippen molar-refractivity contribution >= 4 is 36.1 Å². The van der Waals surface area contributed by atoms with E-state index in [1.165, 1.54) is 22.3 Å². The van der Waals surface area contributed by atoms with Crippen LogP contribution < -0.4 is 42.7 Å². The van der Waals surface area contributed by atoms with Crippen LogP contribution in [0.2, 0.25) is 0 Å². The Hall–Kier alpha value is -4.54. The van der Waals surface area contributed by atoms with Crippen molar-refractivity contribution in [1.29, 1.82) is 0 Å². The third-order valence-corrected chi connectivity index (χ3v) is 11.6. The van der Waals surface area contributed by atoms with E-state index in [-0.39, 0.29) is 11.8 Å². The van der Waals surface area contributed by atoms with Gasteiger partial charge in [0.1, 0.15) is 0 Å². The van der Waals surface area contributed by atoms with Crippen molar-refractivity contribution in [2.75, 3.05) is 39.3 Å². The summed E-state index contributed by atoms with van der Waals surface area (Å²) < 4.78 is 0. The molecule has 0 radical (unpaired) electrons. The number of amides is 2. The van der Waals surface area contributed by atoms with Gasteiger partial charge < -0.3 is 41.2 Å². The zero-order chi connectivity index (χ0) is 40.2. The summed E-state index contributed by atoms with van der Waals surface area (Å²) in [6.45, 7) is 22.6. The van der Waals surface area contributed by atoms with Gasteiger partial charge in [0.2, 0.25) is 11.8 Å². The molecule has 56 heavy (non-hydrogen) atoms. The lowest BCUT2D eigenvalue weighted by Crippen LogP contribution is -2.26. The minimum atomic E-state index is 0.0741. The van der Waals surface area contributed by atoms with Gasteiger partial charge in [-0.25, -0.2) is 0 Å². The minimum absolute atomic E-state index is 0.0741. The number of unbranched alkanes of at least 4 members (excludes halogenated alkanes) is 2. The van der Waals surface area contributed by atoms with Crippen molar-refractivity contribution < 1.29 is 9.59 Å². The van der Waals surface area contributed by atoms with E-state index in [0.717, 1.165) is 131 Å². The monoisotopic (exact) mass is 765 g/mol. The van der Waals surface area contributed by atoms with E-state index in [9.17, 15) is 9.59 Å². The smallest absolute Gasteiger partial charge is 0.220 e. The molecule has 8 bridgehead atoms. The molecule has 0 atom stereocenters. The summed E-state index contributed by atoms with van der Waals surface area (Å²) in [5.41, 5.74) is 13.9. The van der Waals surface area contributed by atoms with Crippen molar-refractivity contribution in [3.63, 3.8) is 0 Å². The summed E-state index contributed by atoms with van der Waals surface area (Å²) in [5.74, 6) is 0.148. The minimum Gasteiger partial charge on any atom is -0.356 e. The number of fused-ring (bicyclic) bond motifs is 8. The number of carbonyl (C=O) groups excluding carboxylic acids is 2. The Kier molecular flexibility index (Phi) is 15.7. The molecule has 5 heterocycles. The highest BCUT2D eigenvalue weighted by Crippen LogP contribution is 2.23. The van der Waals surface area contributed by atoms with Crippen molar-refractivity contribution in [2.45, 2.75) is 120 Å². The predicted octanol–water partition coefficient (Wildman–Crippen LogP) is 3.86. The standard InChI is InChI=1S/C46H68N8O2/c1-9-33-29(5)37-25-38-31(7)35(17-19-45(55)49-23-15-13-21-47-11-3)43(53-38)28-44-36(18-20-46(56)50-24-16-14-22-48-12-4)32(8)40(54-44)27-42-34(10-2)30(6)39(52-42)26-41(33)51-37/h25-28,47-48,51-54H,9-24H2,1-8H3,(H,49,55)(H,50,56). The van der Waals surface area contributed by atoms with Gasteiger partial charge in [0.05, 0.1) is 0 Å². The molecular formula is C46H68N8O2. The summed E-state index contributed by atoms with van der Waals surface area (Å²) in [4.78, 5) is 41.3. The quantitative estimate of drug-likeness (QED) is 0.0570. The van der Waals surface area contributed by atoms with Crippen LogP contribution in [0.1, 0.15) is 134 Å². The fraction of sp³-hybridized carbons (Fsp3) is 0.522. The summed E-state index contributed by atoms with van der Waals surface area (Å²) in [7, 11) is 0. The molecule has 10 nitrogen and oxygen atoms in total.